The Labute approximate surface area is 101 Å². The zero-order chi connectivity index (χ0) is 12.4. The first-order valence-corrected chi connectivity index (χ1v) is 5.89. The number of hydrogen-bond acceptors (Lipinski definition) is 3. The number of rotatable bonds is 5. The molecule has 0 aromatic heterocycles. The third-order valence-electron chi connectivity index (χ3n) is 3.09. The van der Waals surface area contributed by atoms with Gasteiger partial charge in [0, 0.05) is 13.1 Å². The van der Waals surface area contributed by atoms with Crippen LogP contribution in [0, 0.1) is 11.7 Å². The quantitative estimate of drug-likeness (QED) is 0.726. The van der Waals surface area contributed by atoms with Crippen LogP contribution in [0.15, 0.2) is 18.2 Å². The Morgan fingerprint density at radius 3 is 2.71 bits per heavy atom. The van der Waals surface area contributed by atoms with Crippen molar-refractivity contribution in [2.24, 2.45) is 5.92 Å². The van der Waals surface area contributed by atoms with E-state index in [1.807, 2.05) is 7.05 Å². The maximum Gasteiger partial charge on any atom is 0.488 e. The van der Waals surface area contributed by atoms with Gasteiger partial charge in [-0.05, 0) is 49.0 Å². The minimum absolute atomic E-state index is 0.257. The van der Waals surface area contributed by atoms with Crippen LogP contribution in [0.2, 0.25) is 0 Å². The van der Waals surface area contributed by atoms with Crippen molar-refractivity contribution in [3.8, 4) is 0 Å². The maximum atomic E-state index is 13.0. The van der Waals surface area contributed by atoms with Crippen molar-refractivity contribution < 1.29 is 14.4 Å². The van der Waals surface area contributed by atoms with Crippen molar-refractivity contribution in [1.29, 1.82) is 0 Å². The van der Waals surface area contributed by atoms with Crippen LogP contribution >= 0.6 is 0 Å². The Balaban J connectivity index is 2.07. The highest BCUT2D eigenvalue weighted by atomic mass is 19.1. The van der Waals surface area contributed by atoms with Gasteiger partial charge in [0.15, 0.2) is 0 Å². The molecule has 0 unspecified atom stereocenters. The number of nitrogens with zero attached hydrogens (tertiary/aromatic N) is 1. The summed E-state index contributed by atoms with van der Waals surface area (Å²) < 4.78 is 13.0. The molecule has 1 fully saturated rings. The van der Waals surface area contributed by atoms with Crippen molar-refractivity contribution >= 4 is 12.6 Å². The molecule has 0 heterocycles. The Kier molecular flexibility index (Phi) is 3.81. The van der Waals surface area contributed by atoms with E-state index < -0.39 is 12.9 Å². The van der Waals surface area contributed by atoms with Crippen LogP contribution in [-0.2, 0) is 6.54 Å². The molecule has 1 aromatic rings. The Bertz CT molecular complexity index is 396. The first-order valence-electron chi connectivity index (χ1n) is 5.89. The Morgan fingerprint density at radius 1 is 1.41 bits per heavy atom. The highest BCUT2D eigenvalue weighted by molar-refractivity contribution is 6.59. The smallest absolute Gasteiger partial charge is 0.423 e. The molecule has 92 valence electrons. The maximum absolute atomic E-state index is 13.0. The molecular weight excluding hydrogens is 220 g/mol. The van der Waals surface area contributed by atoms with Crippen LogP contribution in [0.5, 0.6) is 0 Å². The largest absolute Gasteiger partial charge is 0.488 e. The first-order chi connectivity index (χ1) is 8.06. The van der Waals surface area contributed by atoms with Crippen LogP contribution in [0.3, 0.4) is 0 Å². The Morgan fingerprint density at radius 2 is 2.12 bits per heavy atom. The van der Waals surface area contributed by atoms with E-state index >= 15 is 0 Å². The zero-order valence-corrected chi connectivity index (χ0v) is 9.93. The van der Waals surface area contributed by atoms with Gasteiger partial charge in [-0.25, -0.2) is 4.39 Å². The van der Waals surface area contributed by atoms with Crippen LogP contribution in [-0.4, -0.2) is 35.7 Å². The summed E-state index contributed by atoms with van der Waals surface area (Å²) in [6, 6.07) is 4.16. The molecule has 0 saturated heterocycles. The van der Waals surface area contributed by atoms with Crippen molar-refractivity contribution in [3.05, 3.63) is 29.6 Å². The van der Waals surface area contributed by atoms with Crippen LogP contribution in [0.25, 0.3) is 0 Å². The number of benzene rings is 1. The molecule has 1 aromatic carbocycles. The third kappa shape index (κ3) is 3.53. The molecule has 1 saturated carbocycles. The fourth-order valence-corrected chi connectivity index (χ4v) is 2.05. The van der Waals surface area contributed by atoms with E-state index in [9.17, 15) is 14.4 Å². The SMILES string of the molecule is CN(Cc1ccc(F)cc1B(O)O)CC1CC1. The van der Waals surface area contributed by atoms with E-state index in [4.69, 9.17) is 0 Å². The van der Waals surface area contributed by atoms with Crippen molar-refractivity contribution in [1.82, 2.24) is 4.90 Å². The van der Waals surface area contributed by atoms with Crippen molar-refractivity contribution in [3.63, 3.8) is 0 Å². The van der Waals surface area contributed by atoms with Gasteiger partial charge in [-0.15, -0.1) is 0 Å². The van der Waals surface area contributed by atoms with Gasteiger partial charge in [0.05, 0.1) is 0 Å². The Hall–Kier alpha value is -0.905. The van der Waals surface area contributed by atoms with E-state index in [0.29, 0.717) is 6.54 Å². The molecule has 0 aliphatic heterocycles. The summed E-state index contributed by atoms with van der Waals surface area (Å²) in [5.41, 5.74) is 1.03. The molecule has 0 radical (unpaired) electrons. The topological polar surface area (TPSA) is 43.7 Å². The van der Waals surface area contributed by atoms with E-state index in [-0.39, 0.29) is 5.46 Å². The normalized spacial score (nSPS) is 15.4. The van der Waals surface area contributed by atoms with Crippen LogP contribution in [0.1, 0.15) is 18.4 Å². The first kappa shape index (κ1) is 12.5. The molecule has 5 heteroatoms. The summed E-state index contributed by atoms with van der Waals surface area (Å²) in [5, 5.41) is 18.4. The van der Waals surface area contributed by atoms with Gasteiger partial charge in [0.2, 0.25) is 0 Å². The van der Waals surface area contributed by atoms with Gasteiger partial charge >= 0.3 is 7.12 Å². The average Bonchev–Trinajstić information content (AvgIpc) is 3.04. The number of halogens is 1. The molecule has 1 aliphatic carbocycles. The predicted molar refractivity (Wildman–Crippen MR) is 65.3 cm³/mol. The van der Waals surface area contributed by atoms with Gasteiger partial charge in [-0.1, -0.05) is 6.07 Å². The molecule has 0 atom stereocenters. The van der Waals surface area contributed by atoms with E-state index in [1.165, 1.54) is 25.0 Å². The molecule has 17 heavy (non-hydrogen) atoms. The van der Waals surface area contributed by atoms with Gasteiger partial charge < -0.3 is 14.9 Å². The van der Waals surface area contributed by atoms with E-state index in [2.05, 4.69) is 4.90 Å². The summed E-state index contributed by atoms with van der Waals surface area (Å²) in [7, 11) is 0.380. The lowest BCUT2D eigenvalue weighted by molar-refractivity contribution is 0.313. The average molecular weight is 237 g/mol. The van der Waals surface area contributed by atoms with E-state index in [0.717, 1.165) is 18.0 Å². The molecule has 2 rings (SSSR count). The van der Waals surface area contributed by atoms with E-state index in [1.54, 1.807) is 6.07 Å². The predicted octanol–water partition coefficient (Wildman–Crippen LogP) is 0.347. The van der Waals surface area contributed by atoms with Gasteiger partial charge in [0.1, 0.15) is 5.82 Å². The lowest BCUT2D eigenvalue weighted by Crippen LogP contribution is -2.35. The fraction of sp³-hybridized carbons (Fsp3) is 0.500. The summed E-state index contributed by atoms with van der Waals surface area (Å²) in [6.07, 6.45) is 2.56. The zero-order valence-electron chi connectivity index (χ0n) is 9.93. The summed E-state index contributed by atoms with van der Waals surface area (Å²) >= 11 is 0. The van der Waals surface area contributed by atoms with Crippen LogP contribution < -0.4 is 5.46 Å². The van der Waals surface area contributed by atoms with Crippen LogP contribution in [0.4, 0.5) is 4.39 Å². The second kappa shape index (κ2) is 5.17. The monoisotopic (exact) mass is 237 g/mol. The molecule has 3 nitrogen and oxygen atoms in total. The second-order valence-electron chi connectivity index (χ2n) is 4.86. The van der Waals surface area contributed by atoms with Crippen molar-refractivity contribution in [2.75, 3.05) is 13.6 Å². The standard InChI is InChI=1S/C12H17BFNO2/c1-15(7-9-2-3-9)8-10-4-5-11(14)6-12(10)13(16)17/h4-6,9,16-17H,2-3,7-8H2,1H3. The molecular formula is C12H17BFNO2. The van der Waals surface area contributed by atoms with Crippen molar-refractivity contribution in [2.45, 2.75) is 19.4 Å². The molecule has 2 N–H and O–H groups in total. The fourth-order valence-electron chi connectivity index (χ4n) is 2.05. The molecule has 1 aliphatic rings. The van der Waals surface area contributed by atoms with Gasteiger partial charge in [0.25, 0.3) is 0 Å². The lowest BCUT2D eigenvalue weighted by Gasteiger charge is -2.18. The summed E-state index contributed by atoms with van der Waals surface area (Å²) in [4.78, 5) is 2.14. The lowest BCUT2D eigenvalue weighted by atomic mass is 9.77. The highest BCUT2D eigenvalue weighted by Gasteiger charge is 2.24. The molecule has 0 amide bonds. The summed E-state index contributed by atoms with van der Waals surface area (Å²) in [6.45, 7) is 1.63. The number of hydrogen-bond donors (Lipinski definition) is 2. The molecule has 0 bridgehead atoms. The van der Waals surface area contributed by atoms with Gasteiger partial charge in [-0.3, -0.25) is 0 Å². The molecule has 0 spiro atoms. The van der Waals surface area contributed by atoms with Gasteiger partial charge in [-0.2, -0.15) is 0 Å². The minimum atomic E-state index is -1.62. The highest BCUT2D eigenvalue weighted by Crippen LogP contribution is 2.29. The second-order valence-corrected chi connectivity index (χ2v) is 4.86. The summed E-state index contributed by atoms with van der Waals surface area (Å²) in [5.74, 6) is 0.338. The third-order valence-corrected chi connectivity index (χ3v) is 3.09. The minimum Gasteiger partial charge on any atom is -0.423 e.